The predicted molar refractivity (Wildman–Crippen MR) is 90.4 cm³/mol. The molecular formula is C16H15IN2O. The summed E-state index contributed by atoms with van der Waals surface area (Å²) in [7, 11) is 0. The van der Waals surface area contributed by atoms with Gasteiger partial charge in [-0.2, -0.15) is 0 Å². The van der Waals surface area contributed by atoms with Crippen molar-refractivity contribution in [3.05, 3.63) is 57.2 Å². The molecule has 0 saturated heterocycles. The molecule has 2 aromatic rings. The molecule has 0 radical (unpaired) electrons. The van der Waals surface area contributed by atoms with Crippen LogP contribution in [-0.4, -0.2) is 12.5 Å². The van der Waals surface area contributed by atoms with Crippen LogP contribution in [-0.2, 0) is 6.42 Å². The zero-order valence-corrected chi connectivity index (χ0v) is 13.1. The Balaban J connectivity index is 1.77. The highest BCUT2D eigenvalue weighted by atomic mass is 127. The van der Waals surface area contributed by atoms with E-state index in [4.69, 9.17) is 0 Å². The molecule has 0 atom stereocenters. The summed E-state index contributed by atoms with van der Waals surface area (Å²) in [5.74, 6) is -0.0721. The van der Waals surface area contributed by atoms with Gasteiger partial charge in [0.25, 0.3) is 5.91 Å². The van der Waals surface area contributed by atoms with Crippen LogP contribution in [0.1, 0.15) is 22.3 Å². The van der Waals surface area contributed by atoms with E-state index >= 15 is 0 Å². The van der Waals surface area contributed by atoms with Gasteiger partial charge >= 0.3 is 0 Å². The Labute approximate surface area is 131 Å². The summed E-state index contributed by atoms with van der Waals surface area (Å²) >= 11 is 2.23. The van der Waals surface area contributed by atoms with Gasteiger partial charge in [0.1, 0.15) is 0 Å². The maximum atomic E-state index is 12.2. The number of amides is 1. The number of aryl methyl sites for hydroxylation is 1. The molecule has 20 heavy (non-hydrogen) atoms. The lowest BCUT2D eigenvalue weighted by molar-refractivity contribution is 0.102. The van der Waals surface area contributed by atoms with Gasteiger partial charge < -0.3 is 10.6 Å². The summed E-state index contributed by atoms with van der Waals surface area (Å²) in [6.45, 7) is 1.00. The molecule has 0 unspecified atom stereocenters. The van der Waals surface area contributed by atoms with E-state index in [1.54, 1.807) is 0 Å². The van der Waals surface area contributed by atoms with Crippen LogP contribution in [0.15, 0.2) is 42.5 Å². The van der Waals surface area contributed by atoms with Crippen molar-refractivity contribution in [2.24, 2.45) is 0 Å². The second kappa shape index (κ2) is 5.83. The van der Waals surface area contributed by atoms with Crippen molar-refractivity contribution < 1.29 is 4.79 Å². The molecule has 2 aromatic carbocycles. The lowest BCUT2D eigenvalue weighted by Gasteiger charge is -2.18. The smallest absolute Gasteiger partial charge is 0.255 e. The molecule has 3 rings (SSSR count). The molecule has 102 valence electrons. The Morgan fingerprint density at radius 2 is 1.95 bits per heavy atom. The molecule has 0 fully saturated rings. The van der Waals surface area contributed by atoms with E-state index in [9.17, 15) is 4.79 Å². The Morgan fingerprint density at radius 3 is 2.75 bits per heavy atom. The number of carbonyl (C=O) groups is 1. The first-order chi connectivity index (χ1) is 9.72. The van der Waals surface area contributed by atoms with E-state index in [1.807, 2.05) is 36.4 Å². The van der Waals surface area contributed by atoms with Gasteiger partial charge in [0, 0.05) is 27.1 Å². The fourth-order valence-electron chi connectivity index (χ4n) is 2.34. The first-order valence-corrected chi connectivity index (χ1v) is 7.74. The summed E-state index contributed by atoms with van der Waals surface area (Å²) < 4.78 is 1.12. The Bertz CT molecular complexity index is 637. The molecule has 0 bridgehead atoms. The van der Waals surface area contributed by atoms with Crippen molar-refractivity contribution in [3.8, 4) is 0 Å². The fraction of sp³-hybridized carbons (Fsp3) is 0.188. The van der Waals surface area contributed by atoms with Crippen molar-refractivity contribution in [2.45, 2.75) is 12.8 Å². The first kappa shape index (κ1) is 13.4. The normalized spacial score (nSPS) is 13.2. The molecular weight excluding hydrogens is 363 g/mol. The van der Waals surface area contributed by atoms with Crippen LogP contribution >= 0.6 is 22.6 Å². The number of hydrogen-bond donors (Lipinski definition) is 2. The fourth-order valence-corrected chi connectivity index (χ4v) is 2.70. The van der Waals surface area contributed by atoms with E-state index in [-0.39, 0.29) is 5.91 Å². The van der Waals surface area contributed by atoms with Crippen LogP contribution in [0.5, 0.6) is 0 Å². The minimum atomic E-state index is -0.0721. The largest absolute Gasteiger partial charge is 0.385 e. The number of fused-ring (bicyclic) bond motifs is 1. The van der Waals surface area contributed by atoms with E-state index < -0.39 is 0 Å². The van der Waals surface area contributed by atoms with Crippen LogP contribution in [0.4, 0.5) is 11.4 Å². The average Bonchev–Trinajstić information content (AvgIpc) is 2.48. The lowest BCUT2D eigenvalue weighted by Crippen LogP contribution is -2.14. The Kier molecular flexibility index (Phi) is 3.91. The number of anilines is 2. The van der Waals surface area contributed by atoms with Gasteiger partial charge in [0.15, 0.2) is 0 Å². The standard InChI is InChI=1S/C16H15IN2O/c17-13-6-3-12(4-7-13)16(20)19-14-8-5-11-2-1-9-18-15(11)10-14/h3-8,10,18H,1-2,9H2,(H,19,20). The summed E-state index contributed by atoms with van der Waals surface area (Å²) in [6.07, 6.45) is 2.27. The van der Waals surface area contributed by atoms with Crippen LogP contribution in [0.3, 0.4) is 0 Å². The number of halogens is 1. The zero-order valence-electron chi connectivity index (χ0n) is 10.9. The summed E-state index contributed by atoms with van der Waals surface area (Å²) in [5.41, 5.74) is 3.97. The zero-order chi connectivity index (χ0) is 13.9. The second-order valence-electron chi connectivity index (χ2n) is 4.86. The Morgan fingerprint density at radius 1 is 1.15 bits per heavy atom. The third-order valence-electron chi connectivity index (χ3n) is 3.41. The van der Waals surface area contributed by atoms with Crippen molar-refractivity contribution in [1.29, 1.82) is 0 Å². The van der Waals surface area contributed by atoms with Gasteiger partial charge in [0.2, 0.25) is 0 Å². The minimum Gasteiger partial charge on any atom is -0.385 e. The average molecular weight is 378 g/mol. The number of nitrogens with one attached hydrogen (secondary N) is 2. The summed E-state index contributed by atoms with van der Waals surface area (Å²) in [5, 5.41) is 6.32. The van der Waals surface area contributed by atoms with Gasteiger partial charge in [-0.3, -0.25) is 4.79 Å². The van der Waals surface area contributed by atoms with Crippen molar-refractivity contribution in [1.82, 2.24) is 0 Å². The molecule has 1 amide bonds. The molecule has 0 aliphatic carbocycles. The highest BCUT2D eigenvalue weighted by molar-refractivity contribution is 14.1. The summed E-state index contributed by atoms with van der Waals surface area (Å²) in [6, 6.07) is 13.6. The van der Waals surface area contributed by atoms with Crippen LogP contribution in [0.2, 0.25) is 0 Å². The van der Waals surface area contributed by atoms with Gasteiger partial charge in [-0.1, -0.05) is 6.07 Å². The molecule has 4 heteroatoms. The van der Waals surface area contributed by atoms with Gasteiger partial charge in [-0.25, -0.2) is 0 Å². The van der Waals surface area contributed by atoms with E-state index in [2.05, 4.69) is 39.3 Å². The monoisotopic (exact) mass is 378 g/mol. The van der Waals surface area contributed by atoms with Crippen LogP contribution < -0.4 is 10.6 Å². The quantitative estimate of drug-likeness (QED) is 0.779. The molecule has 0 aromatic heterocycles. The topological polar surface area (TPSA) is 41.1 Å². The Hall–Kier alpha value is -1.56. The highest BCUT2D eigenvalue weighted by Gasteiger charge is 2.11. The minimum absolute atomic E-state index is 0.0721. The van der Waals surface area contributed by atoms with E-state index in [1.165, 1.54) is 12.0 Å². The van der Waals surface area contributed by atoms with Gasteiger partial charge in [0.05, 0.1) is 0 Å². The molecule has 3 nitrogen and oxygen atoms in total. The van der Waals surface area contributed by atoms with Crippen molar-refractivity contribution >= 4 is 39.9 Å². The van der Waals surface area contributed by atoms with E-state index in [0.717, 1.165) is 27.9 Å². The summed E-state index contributed by atoms with van der Waals surface area (Å²) in [4.78, 5) is 12.2. The molecule has 1 aliphatic heterocycles. The van der Waals surface area contributed by atoms with Crippen LogP contribution in [0.25, 0.3) is 0 Å². The maximum absolute atomic E-state index is 12.2. The number of hydrogen-bond acceptors (Lipinski definition) is 2. The van der Waals surface area contributed by atoms with Crippen molar-refractivity contribution in [3.63, 3.8) is 0 Å². The van der Waals surface area contributed by atoms with Gasteiger partial charge in [-0.15, -0.1) is 0 Å². The third-order valence-corrected chi connectivity index (χ3v) is 4.13. The molecule has 0 saturated carbocycles. The first-order valence-electron chi connectivity index (χ1n) is 6.66. The van der Waals surface area contributed by atoms with Gasteiger partial charge in [-0.05, 0) is 77.4 Å². The van der Waals surface area contributed by atoms with Crippen molar-refractivity contribution in [2.75, 3.05) is 17.2 Å². The predicted octanol–water partition coefficient (Wildman–Crippen LogP) is 3.90. The number of carbonyl (C=O) groups excluding carboxylic acids is 1. The molecule has 1 heterocycles. The molecule has 2 N–H and O–H groups in total. The molecule has 0 spiro atoms. The third kappa shape index (κ3) is 2.95. The number of benzene rings is 2. The second-order valence-corrected chi connectivity index (χ2v) is 6.11. The number of rotatable bonds is 2. The molecule has 1 aliphatic rings. The SMILES string of the molecule is O=C(Nc1ccc2c(c1)NCCC2)c1ccc(I)cc1. The van der Waals surface area contributed by atoms with E-state index in [0.29, 0.717) is 5.56 Å². The van der Waals surface area contributed by atoms with Crippen LogP contribution in [0, 0.1) is 3.57 Å². The highest BCUT2D eigenvalue weighted by Crippen LogP contribution is 2.25. The maximum Gasteiger partial charge on any atom is 0.255 e. The lowest BCUT2D eigenvalue weighted by atomic mass is 10.0.